The lowest BCUT2D eigenvalue weighted by atomic mass is 10.2. The maximum Gasteiger partial charge on any atom is 0.333 e. The van der Waals surface area contributed by atoms with Crippen LogP contribution in [0.1, 0.15) is 12.5 Å². The van der Waals surface area contributed by atoms with Crippen LogP contribution in [0, 0.1) is 0 Å². The maximum absolute atomic E-state index is 10.7. The van der Waals surface area contributed by atoms with Crippen LogP contribution >= 0.6 is 0 Å². The van der Waals surface area contributed by atoms with Crippen LogP contribution in [0.15, 0.2) is 43.0 Å². The van der Waals surface area contributed by atoms with Gasteiger partial charge in [-0.1, -0.05) is 30.9 Å². The van der Waals surface area contributed by atoms with Crippen LogP contribution in [0.3, 0.4) is 0 Å². The summed E-state index contributed by atoms with van der Waals surface area (Å²) in [6.07, 6.45) is 5.04. The van der Waals surface area contributed by atoms with E-state index in [-0.39, 0.29) is 6.79 Å². The number of carbonyl (C=O) groups excluding carboxylic acids is 1. The lowest BCUT2D eigenvalue weighted by molar-refractivity contribution is -0.144. The van der Waals surface area contributed by atoms with Gasteiger partial charge in [0.15, 0.2) is 0 Å². The molecule has 3 heteroatoms. The summed E-state index contributed by atoms with van der Waals surface area (Å²) in [7, 11) is 0. The number of esters is 1. The van der Waals surface area contributed by atoms with Crippen LogP contribution in [0.5, 0.6) is 5.75 Å². The molecule has 0 heterocycles. The second kappa shape index (κ2) is 6.45. The van der Waals surface area contributed by atoms with E-state index in [1.807, 2.05) is 43.3 Å². The fraction of sp³-hybridized carbons (Fsp3) is 0.154. The standard InChI is InChI=1S/C13H14O3/c1-3-5-11-6-8-12(9-7-11)15-10-16-13(14)4-2/h3-9H,2,10H2,1H3. The SMILES string of the molecule is C=CC(=O)OCOc1ccc(C=CC)cc1. The second-order valence-corrected chi connectivity index (χ2v) is 3.00. The van der Waals surface area contributed by atoms with Crippen molar-refractivity contribution >= 4 is 12.0 Å². The van der Waals surface area contributed by atoms with Gasteiger partial charge in [0, 0.05) is 6.08 Å². The van der Waals surface area contributed by atoms with E-state index in [1.165, 1.54) is 0 Å². The third-order valence-corrected chi connectivity index (χ3v) is 1.83. The highest BCUT2D eigenvalue weighted by Crippen LogP contribution is 2.13. The molecule has 0 N–H and O–H groups in total. The van der Waals surface area contributed by atoms with Gasteiger partial charge in [-0.15, -0.1) is 0 Å². The van der Waals surface area contributed by atoms with Crippen molar-refractivity contribution in [3.63, 3.8) is 0 Å². The van der Waals surface area contributed by atoms with Crippen molar-refractivity contribution in [3.8, 4) is 5.75 Å². The smallest absolute Gasteiger partial charge is 0.333 e. The Hall–Kier alpha value is -2.03. The summed E-state index contributed by atoms with van der Waals surface area (Å²) in [6, 6.07) is 7.48. The monoisotopic (exact) mass is 218 g/mol. The first-order chi connectivity index (χ1) is 7.76. The molecule has 0 amide bonds. The molecule has 1 aromatic carbocycles. The van der Waals surface area contributed by atoms with Gasteiger partial charge in [0.05, 0.1) is 0 Å². The molecule has 16 heavy (non-hydrogen) atoms. The second-order valence-electron chi connectivity index (χ2n) is 3.00. The Labute approximate surface area is 95.0 Å². The third kappa shape index (κ3) is 4.00. The zero-order valence-electron chi connectivity index (χ0n) is 9.18. The normalized spacial score (nSPS) is 10.1. The summed E-state index contributed by atoms with van der Waals surface area (Å²) >= 11 is 0. The van der Waals surface area contributed by atoms with Crippen LogP contribution in [-0.2, 0) is 9.53 Å². The molecule has 0 saturated carbocycles. The zero-order chi connectivity index (χ0) is 11.8. The summed E-state index contributed by atoms with van der Waals surface area (Å²) in [5.41, 5.74) is 1.10. The summed E-state index contributed by atoms with van der Waals surface area (Å²) in [5, 5.41) is 0. The minimum absolute atomic E-state index is 0.103. The lowest BCUT2D eigenvalue weighted by Gasteiger charge is -2.05. The lowest BCUT2D eigenvalue weighted by Crippen LogP contribution is -2.07. The minimum Gasteiger partial charge on any atom is -0.457 e. The average molecular weight is 218 g/mol. The molecule has 1 rings (SSSR count). The highest BCUT2D eigenvalue weighted by molar-refractivity contribution is 5.81. The molecule has 84 valence electrons. The van der Waals surface area contributed by atoms with Gasteiger partial charge in [0.1, 0.15) is 5.75 Å². The first-order valence-electron chi connectivity index (χ1n) is 4.91. The number of allylic oxidation sites excluding steroid dienone is 1. The van der Waals surface area contributed by atoms with Gasteiger partial charge >= 0.3 is 5.97 Å². The molecule has 0 aliphatic rings. The third-order valence-electron chi connectivity index (χ3n) is 1.83. The fourth-order valence-corrected chi connectivity index (χ4v) is 1.08. The van der Waals surface area contributed by atoms with Crippen molar-refractivity contribution in [2.24, 2.45) is 0 Å². The molecule has 0 spiro atoms. The molecule has 1 aromatic rings. The van der Waals surface area contributed by atoms with Crippen LogP contribution < -0.4 is 4.74 Å². The van der Waals surface area contributed by atoms with Gasteiger partial charge < -0.3 is 9.47 Å². The number of rotatable bonds is 5. The van der Waals surface area contributed by atoms with Gasteiger partial charge in [-0.25, -0.2) is 4.79 Å². The Balaban J connectivity index is 2.43. The Morgan fingerprint density at radius 1 is 1.38 bits per heavy atom. The van der Waals surface area contributed by atoms with Crippen molar-refractivity contribution in [1.29, 1.82) is 0 Å². The Kier molecular flexibility index (Phi) is 4.86. The topological polar surface area (TPSA) is 35.5 Å². The largest absolute Gasteiger partial charge is 0.457 e. The number of benzene rings is 1. The minimum atomic E-state index is -0.495. The summed E-state index contributed by atoms with van der Waals surface area (Å²) in [5.74, 6) is 0.163. The number of ether oxygens (including phenoxy) is 2. The number of hydrogen-bond acceptors (Lipinski definition) is 3. The molecule has 3 nitrogen and oxygen atoms in total. The van der Waals surface area contributed by atoms with Gasteiger partial charge in [0.25, 0.3) is 0 Å². The highest BCUT2D eigenvalue weighted by Gasteiger charge is 1.96. The maximum atomic E-state index is 10.7. The van der Waals surface area contributed by atoms with Crippen LogP contribution in [0.25, 0.3) is 6.08 Å². The number of hydrogen-bond donors (Lipinski definition) is 0. The zero-order valence-corrected chi connectivity index (χ0v) is 9.18. The van der Waals surface area contributed by atoms with E-state index in [4.69, 9.17) is 4.74 Å². The van der Waals surface area contributed by atoms with Crippen molar-refractivity contribution < 1.29 is 14.3 Å². The molecular formula is C13H14O3. The van der Waals surface area contributed by atoms with Gasteiger partial charge in [-0.3, -0.25) is 0 Å². The number of carbonyl (C=O) groups is 1. The van der Waals surface area contributed by atoms with Crippen molar-refractivity contribution in [2.75, 3.05) is 6.79 Å². The summed E-state index contributed by atoms with van der Waals surface area (Å²) in [6.45, 7) is 5.13. The van der Waals surface area contributed by atoms with Crippen molar-refractivity contribution in [1.82, 2.24) is 0 Å². The molecule has 0 saturated heterocycles. The molecule has 0 bridgehead atoms. The van der Waals surface area contributed by atoms with Crippen LogP contribution in [0.4, 0.5) is 0 Å². The molecule has 0 aliphatic carbocycles. The summed E-state index contributed by atoms with van der Waals surface area (Å²) in [4.78, 5) is 10.7. The first-order valence-corrected chi connectivity index (χ1v) is 4.91. The van der Waals surface area contributed by atoms with E-state index in [9.17, 15) is 4.79 Å². The predicted molar refractivity (Wildman–Crippen MR) is 62.9 cm³/mol. The summed E-state index contributed by atoms with van der Waals surface area (Å²) < 4.78 is 9.88. The fourth-order valence-electron chi connectivity index (χ4n) is 1.08. The quantitative estimate of drug-likeness (QED) is 0.433. The molecule has 0 aromatic heterocycles. The Bertz CT molecular complexity index is 377. The van der Waals surface area contributed by atoms with Crippen molar-refractivity contribution in [3.05, 3.63) is 48.6 Å². The average Bonchev–Trinajstić information content (AvgIpc) is 2.31. The highest BCUT2D eigenvalue weighted by atomic mass is 16.7. The Morgan fingerprint density at radius 2 is 2.06 bits per heavy atom. The van der Waals surface area contributed by atoms with E-state index in [0.717, 1.165) is 11.6 Å². The first kappa shape index (κ1) is 12.0. The Morgan fingerprint density at radius 3 is 2.62 bits per heavy atom. The van der Waals surface area contributed by atoms with E-state index in [2.05, 4.69) is 11.3 Å². The van der Waals surface area contributed by atoms with Crippen LogP contribution in [0.2, 0.25) is 0 Å². The van der Waals surface area contributed by atoms with E-state index < -0.39 is 5.97 Å². The van der Waals surface area contributed by atoms with Crippen LogP contribution in [-0.4, -0.2) is 12.8 Å². The van der Waals surface area contributed by atoms with Gasteiger partial charge in [0.2, 0.25) is 6.79 Å². The van der Waals surface area contributed by atoms with E-state index in [1.54, 1.807) is 0 Å². The van der Waals surface area contributed by atoms with Crippen molar-refractivity contribution in [2.45, 2.75) is 6.92 Å². The predicted octanol–water partition coefficient (Wildman–Crippen LogP) is 2.79. The van der Waals surface area contributed by atoms with Gasteiger partial charge in [-0.2, -0.15) is 0 Å². The molecular weight excluding hydrogens is 204 g/mol. The molecule has 0 unspecified atom stereocenters. The molecule has 0 aliphatic heterocycles. The molecule has 0 fully saturated rings. The van der Waals surface area contributed by atoms with E-state index in [0.29, 0.717) is 5.75 Å². The van der Waals surface area contributed by atoms with Gasteiger partial charge in [-0.05, 0) is 24.6 Å². The molecule has 0 atom stereocenters. The van der Waals surface area contributed by atoms with E-state index >= 15 is 0 Å². The molecule has 0 radical (unpaired) electrons.